The summed E-state index contributed by atoms with van der Waals surface area (Å²) in [5.41, 5.74) is 1.39. The lowest BCUT2D eigenvalue weighted by molar-refractivity contribution is 0.517. The SMILES string of the molecule is Brc1nc(Cc2cccs2)n2c1CCCC2. The van der Waals surface area contributed by atoms with Crippen molar-refractivity contribution in [1.82, 2.24) is 9.55 Å². The van der Waals surface area contributed by atoms with Crippen molar-refractivity contribution in [3.63, 3.8) is 0 Å². The van der Waals surface area contributed by atoms with Gasteiger partial charge in [0.2, 0.25) is 0 Å². The number of hydrogen-bond donors (Lipinski definition) is 0. The Morgan fingerprint density at radius 1 is 1.44 bits per heavy atom. The standard InChI is InChI=1S/C12H13BrN2S/c13-12-10-5-1-2-6-15(10)11(14-12)8-9-4-3-7-16-9/h3-4,7H,1-2,5-6,8H2. The third-order valence-electron chi connectivity index (χ3n) is 3.06. The molecule has 4 heteroatoms. The van der Waals surface area contributed by atoms with Crippen LogP contribution in [-0.4, -0.2) is 9.55 Å². The van der Waals surface area contributed by atoms with Gasteiger partial charge in [-0.05, 0) is 46.6 Å². The van der Waals surface area contributed by atoms with E-state index in [4.69, 9.17) is 0 Å². The number of fused-ring (bicyclic) bond motifs is 1. The minimum Gasteiger partial charge on any atom is -0.331 e. The number of thiophene rings is 1. The highest BCUT2D eigenvalue weighted by Crippen LogP contribution is 2.26. The summed E-state index contributed by atoms with van der Waals surface area (Å²) in [6.45, 7) is 1.13. The normalized spacial score (nSPS) is 15.1. The highest BCUT2D eigenvalue weighted by Gasteiger charge is 2.18. The number of aromatic nitrogens is 2. The Kier molecular flexibility index (Phi) is 2.86. The van der Waals surface area contributed by atoms with E-state index in [1.165, 1.54) is 29.2 Å². The molecule has 0 radical (unpaired) electrons. The molecule has 0 bridgehead atoms. The molecule has 84 valence electrons. The van der Waals surface area contributed by atoms with E-state index in [0.29, 0.717) is 0 Å². The molecule has 1 aliphatic heterocycles. The van der Waals surface area contributed by atoms with E-state index in [1.54, 1.807) is 0 Å². The summed E-state index contributed by atoms with van der Waals surface area (Å²) < 4.78 is 3.45. The van der Waals surface area contributed by atoms with Crippen LogP contribution in [0.1, 0.15) is 29.2 Å². The molecule has 0 fully saturated rings. The fourth-order valence-corrected chi connectivity index (χ4v) is 3.59. The molecule has 3 heterocycles. The molecular weight excluding hydrogens is 284 g/mol. The van der Waals surface area contributed by atoms with Gasteiger partial charge in [-0.2, -0.15) is 0 Å². The van der Waals surface area contributed by atoms with Crippen molar-refractivity contribution in [3.05, 3.63) is 38.5 Å². The van der Waals surface area contributed by atoms with Crippen LogP contribution in [0.5, 0.6) is 0 Å². The van der Waals surface area contributed by atoms with E-state index in [9.17, 15) is 0 Å². The van der Waals surface area contributed by atoms with Crippen molar-refractivity contribution < 1.29 is 0 Å². The zero-order valence-electron chi connectivity index (χ0n) is 8.95. The van der Waals surface area contributed by atoms with Gasteiger partial charge >= 0.3 is 0 Å². The topological polar surface area (TPSA) is 17.8 Å². The third kappa shape index (κ3) is 1.84. The summed E-state index contributed by atoms with van der Waals surface area (Å²) in [5, 5.41) is 2.13. The van der Waals surface area contributed by atoms with Gasteiger partial charge in [0.25, 0.3) is 0 Å². The zero-order chi connectivity index (χ0) is 11.0. The second-order valence-electron chi connectivity index (χ2n) is 4.13. The number of imidazole rings is 1. The van der Waals surface area contributed by atoms with Crippen molar-refractivity contribution in [2.75, 3.05) is 0 Å². The maximum atomic E-state index is 4.65. The number of hydrogen-bond acceptors (Lipinski definition) is 2. The average molecular weight is 297 g/mol. The Bertz CT molecular complexity index is 487. The quantitative estimate of drug-likeness (QED) is 0.827. The maximum Gasteiger partial charge on any atom is 0.127 e. The monoisotopic (exact) mass is 296 g/mol. The van der Waals surface area contributed by atoms with Gasteiger partial charge in [-0.1, -0.05) is 6.07 Å². The molecule has 1 aliphatic rings. The summed E-state index contributed by atoms with van der Waals surface area (Å²) in [5.74, 6) is 1.21. The molecular formula is C12H13BrN2S. The van der Waals surface area contributed by atoms with Crippen LogP contribution in [0.25, 0.3) is 0 Å². The first-order valence-corrected chi connectivity index (χ1v) is 7.28. The Balaban J connectivity index is 1.95. The predicted octanol–water partition coefficient (Wildman–Crippen LogP) is 3.63. The molecule has 2 aromatic rings. The Hall–Kier alpha value is -0.610. The number of nitrogens with zero attached hydrogens (tertiary/aromatic N) is 2. The van der Waals surface area contributed by atoms with Gasteiger partial charge in [-0.3, -0.25) is 0 Å². The second kappa shape index (κ2) is 4.34. The molecule has 16 heavy (non-hydrogen) atoms. The highest BCUT2D eigenvalue weighted by molar-refractivity contribution is 9.10. The summed E-state index contributed by atoms with van der Waals surface area (Å²) >= 11 is 5.39. The van der Waals surface area contributed by atoms with E-state index >= 15 is 0 Å². The molecule has 0 saturated heterocycles. The van der Waals surface area contributed by atoms with Crippen molar-refractivity contribution in [1.29, 1.82) is 0 Å². The van der Waals surface area contributed by atoms with Crippen LogP contribution in [0.3, 0.4) is 0 Å². The average Bonchev–Trinajstić information content (AvgIpc) is 2.90. The Morgan fingerprint density at radius 2 is 2.38 bits per heavy atom. The third-order valence-corrected chi connectivity index (χ3v) is 4.57. The molecule has 0 N–H and O–H groups in total. The fraction of sp³-hybridized carbons (Fsp3) is 0.417. The molecule has 0 aromatic carbocycles. The Labute approximate surface area is 107 Å². The number of halogens is 1. The van der Waals surface area contributed by atoms with Crippen LogP contribution in [0.2, 0.25) is 0 Å². The zero-order valence-corrected chi connectivity index (χ0v) is 11.4. The Morgan fingerprint density at radius 3 is 3.19 bits per heavy atom. The van der Waals surface area contributed by atoms with Crippen LogP contribution < -0.4 is 0 Å². The van der Waals surface area contributed by atoms with Gasteiger partial charge in [-0.15, -0.1) is 11.3 Å². The molecule has 0 atom stereocenters. The van der Waals surface area contributed by atoms with Gasteiger partial charge in [-0.25, -0.2) is 4.98 Å². The van der Waals surface area contributed by atoms with Crippen LogP contribution in [0, 0.1) is 0 Å². The van der Waals surface area contributed by atoms with Crippen molar-refractivity contribution >= 4 is 27.3 Å². The van der Waals surface area contributed by atoms with E-state index in [2.05, 4.69) is 43.0 Å². The maximum absolute atomic E-state index is 4.65. The van der Waals surface area contributed by atoms with Crippen LogP contribution in [0.4, 0.5) is 0 Å². The first-order chi connectivity index (χ1) is 7.84. The van der Waals surface area contributed by atoms with Crippen LogP contribution in [-0.2, 0) is 19.4 Å². The van der Waals surface area contributed by atoms with Gasteiger partial charge in [0.05, 0.1) is 5.69 Å². The van der Waals surface area contributed by atoms with Crippen molar-refractivity contribution in [3.8, 4) is 0 Å². The van der Waals surface area contributed by atoms with Gasteiger partial charge in [0.1, 0.15) is 10.4 Å². The smallest absolute Gasteiger partial charge is 0.127 e. The van der Waals surface area contributed by atoms with Gasteiger partial charge in [0.15, 0.2) is 0 Å². The van der Waals surface area contributed by atoms with Gasteiger partial charge < -0.3 is 4.57 Å². The summed E-state index contributed by atoms with van der Waals surface area (Å²) in [6, 6.07) is 4.29. The van der Waals surface area contributed by atoms with Crippen molar-refractivity contribution in [2.24, 2.45) is 0 Å². The van der Waals surface area contributed by atoms with E-state index < -0.39 is 0 Å². The number of rotatable bonds is 2. The van der Waals surface area contributed by atoms with Crippen LogP contribution >= 0.6 is 27.3 Å². The fourth-order valence-electron chi connectivity index (χ4n) is 2.27. The van der Waals surface area contributed by atoms with Gasteiger partial charge in [0, 0.05) is 17.8 Å². The molecule has 0 saturated carbocycles. The summed E-state index contributed by atoms with van der Waals surface area (Å²) in [4.78, 5) is 6.05. The predicted molar refractivity (Wildman–Crippen MR) is 70.0 cm³/mol. The highest BCUT2D eigenvalue weighted by atomic mass is 79.9. The van der Waals surface area contributed by atoms with E-state index in [0.717, 1.165) is 24.0 Å². The lowest BCUT2D eigenvalue weighted by Gasteiger charge is -2.16. The molecule has 0 aliphatic carbocycles. The minimum absolute atomic E-state index is 0.969. The second-order valence-corrected chi connectivity index (χ2v) is 5.91. The first kappa shape index (κ1) is 10.5. The molecule has 0 amide bonds. The molecule has 0 unspecified atom stereocenters. The first-order valence-electron chi connectivity index (χ1n) is 5.61. The summed E-state index contributed by atoms with van der Waals surface area (Å²) in [7, 11) is 0. The molecule has 3 rings (SSSR count). The molecule has 0 spiro atoms. The molecule has 2 nitrogen and oxygen atoms in total. The van der Waals surface area contributed by atoms with Crippen molar-refractivity contribution in [2.45, 2.75) is 32.2 Å². The van der Waals surface area contributed by atoms with E-state index in [-0.39, 0.29) is 0 Å². The van der Waals surface area contributed by atoms with Crippen LogP contribution in [0.15, 0.2) is 22.1 Å². The lowest BCUT2D eigenvalue weighted by Crippen LogP contribution is -2.12. The lowest BCUT2D eigenvalue weighted by atomic mass is 10.1. The largest absolute Gasteiger partial charge is 0.331 e. The summed E-state index contributed by atoms with van der Waals surface area (Å²) in [6.07, 6.45) is 4.71. The van der Waals surface area contributed by atoms with E-state index in [1.807, 2.05) is 11.3 Å². The minimum atomic E-state index is 0.969. The molecule has 2 aromatic heterocycles.